The van der Waals surface area contributed by atoms with Crippen molar-refractivity contribution < 1.29 is 31.5 Å². The molecule has 0 spiro atoms. The average molecular weight is 587 g/mol. The Morgan fingerprint density at radius 2 is 1.82 bits per heavy atom. The van der Waals surface area contributed by atoms with Crippen molar-refractivity contribution in [2.45, 2.75) is 50.6 Å². The highest BCUT2D eigenvalue weighted by molar-refractivity contribution is 7.96. The molecule has 1 amide bonds. The number of nitrogens with one attached hydrogen (secondary N) is 1. The lowest BCUT2D eigenvalue weighted by Crippen LogP contribution is -2.66. The van der Waals surface area contributed by atoms with Crippen molar-refractivity contribution in [1.29, 1.82) is 0 Å². The van der Waals surface area contributed by atoms with E-state index in [1.807, 2.05) is 9.80 Å². The molecule has 214 valence electrons. The van der Waals surface area contributed by atoms with E-state index in [9.17, 15) is 31.5 Å². The van der Waals surface area contributed by atoms with Gasteiger partial charge in [0, 0.05) is 56.2 Å². The Bertz CT molecular complexity index is 1290. The van der Waals surface area contributed by atoms with Crippen LogP contribution >= 0.6 is 12.2 Å². The van der Waals surface area contributed by atoms with E-state index in [2.05, 4.69) is 5.32 Å². The van der Waals surface area contributed by atoms with Crippen LogP contribution in [0.1, 0.15) is 32.8 Å². The van der Waals surface area contributed by atoms with Crippen LogP contribution in [0.5, 0.6) is 0 Å². The summed E-state index contributed by atoms with van der Waals surface area (Å²) < 4.78 is 68.6. The number of halogens is 3. The molecule has 39 heavy (non-hydrogen) atoms. The summed E-state index contributed by atoms with van der Waals surface area (Å²) in [6.45, 7) is 6.18. The minimum Gasteiger partial charge on any atom is -0.376 e. The fraction of sp³-hybridized carbons (Fsp3) is 0.538. The lowest BCUT2D eigenvalue weighted by Gasteiger charge is -2.48. The molecule has 0 aromatic heterocycles. The van der Waals surface area contributed by atoms with Gasteiger partial charge in [-0.3, -0.25) is 9.69 Å². The van der Waals surface area contributed by atoms with Crippen molar-refractivity contribution in [1.82, 2.24) is 14.5 Å². The highest BCUT2D eigenvalue weighted by Gasteiger charge is 2.51. The van der Waals surface area contributed by atoms with E-state index < -0.39 is 33.4 Å². The molecule has 1 aliphatic carbocycles. The Morgan fingerprint density at radius 3 is 2.44 bits per heavy atom. The van der Waals surface area contributed by atoms with Gasteiger partial charge in [0.15, 0.2) is 5.60 Å². The summed E-state index contributed by atoms with van der Waals surface area (Å²) in [6.07, 6.45) is 0.496. The first-order valence-corrected chi connectivity index (χ1v) is 14.5. The van der Waals surface area contributed by atoms with Crippen LogP contribution in [0.25, 0.3) is 0 Å². The van der Waals surface area contributed by atoms with Crippen molar-refractivity contribution in [3.8, 4) is 0 Å². The molecule has 0 saturated carbocycles. The third kappa shape index (κ3) is 5.64. The maximum atomic E-state index is 13.6. The Labute approximate surface area is 232 Å². The average Bonchev–Trinajstić information content (AvgIpc) is 2.86. The second-order valence-electron chi connectivity index (χ2n) is 10.7. The molecule has 0 radical (unpaired) electrons. The molecule has 1 aromatic rings. The number of sulfonamides is 1. The van der Waals surface area contributed by atoms with Crippen molar-refractivity contribution in [3.63, 3.8) is 0 Å². The second kappa shape index (κ2) is 10.6. The number of carbonyl (C=O) groups excluding carboxylic acids is 1. The molecular formula is C26H33F3N4O4S2. The van der Waals surface area contributed by atoms with Gasteiger partial charge >= 0.3 is 6.18 Å². The predicted molar refractivity (Wildman–Crippen MR) is 147 cm³/mol. The molecule has 13 heteroatoms. The van der Waals surface area contributed by atoms with E-state index in [1.54, 1.807) is 26.0 Å². The van der Waals surface area contributed by atoms with Crippen LogP contribution in [-0.4, -0.2) is 90.5 Å². The van der Waals surface area contributed by atoms with Gasteiger partial charge in [0.1, 0.15) is 0 Å². The molecule has 4 rings (SSSR count). The first-order chi connectivity index (χ1) is 18.1. The molecule has 1 aromatic carbocycles. The Morgan fingerprint density at radius 1 is 1.15 bits per heavy atom. The van der Waals surface area contributed by atoms with Crippen LogP contribution in [0.15, 0.2) is 47.4 Å². The van der Waals surface area contributed by atoms with Gasteiger partial charge in [0.05, 0.1) is 16.5 Å². The Kier molecular flexibility index (Phi) is 8.05. The number of anilines is 1. The largest absolute Gasteiger partial charge is 0.421 e. The van der Waals surface area contributed by atoms with Gasteiger partial charge in [-0.25, -0.2) is 8.42 Å². The number of carbonyl (C=O) groups is 1. The zero-order chi connectivity index (χ0) is 28.8. The fourth-order valence-electron chi connectivity index (χ4n) is 5.09. The number of amides is 1. The summed E-state index contributed by atoms with van der Waals surface area (Å²) in [5.41, 5.74) is -3.55. The Hall–Kier alpha value is -2.32. The topological polar surface area (TPSA) is 93.2 Å². The maximum absolute atomic E-state index is 13.6. The molecule has 2 aliphatic heterocycles. The summed E-state index contributed by atoms with van der Waals surface area (Å²) in [5.74, 6) is -0.135. The van der Waals surface area contributed by atoms with E-state index in [0.717, 1.165) is 0 Å². The number of hydrogen-bond acceptors (Lipinski definition) is 7. The first kappa shape index (κ1) is 29.7. The molecule has 2 heterocycles. The van der Waals surface area contributed by atoms with Gasteiger partial charge in [-0.15, -0.1) is 0 Å². The minimum atomic E-state index is -4.85. The lowest BCUT2D eigenvalue weighted by atomic mass is 9.94. The number of alkyl halides is 3. The third-order valence-electron chi connectivity index (χ3n) is 7.78. The molecule has 2 fully saturated rings. The summed E-state index contributed by atoms with van der Waals surface area (Å²) in [5, 5.41) is 12.9. The van der Waals surface area contributed by atoms with Crippen LogP contribution in [0, 0.1) is 0 Å². The number of benzene rings is 1. The standard InChI is InChI=1S/C26H33F3N4O4S2/c1-24(2)23(34)30-12-13-31(24)16-20-17-32(39(36,37)22-7-5-4-6-21(22)38)14-15-33(20)19-10-8-18(9-11-19)25(3,35)26(27,28)29/h4-5,7-11,20,35H,6,12-17H2,1-3H3,(H,30,34)/t20-,25+/m0/s1. The number of rotatable bonds is 6. The van der Waals surface area contributed by atoms with Gasteiger partial charge in [0.25, 0.3) is 0 Å². The van der Waals surface area contributed by atoms with Crippen molar-refractivity contribution >= 4 is 38.7 Å². The number of piperazine rings is 2. The molecule has 2 N–H and O–H groups in total. The number of nitrogens with zero attached hydrogens (tertiary/aromatic N) is 3. The monoisotopic (exact) mass is 586 g/mol. The normalized spacial score (nSPS) is 24.7. The zero-order valence-corrected chi connectivity index (χ0v) is 23.7. The molecule has 2 saturated heterocycles. The van der Waals surface area contributed by atoms with Gasteiger partial charge < -0.3 is 15.3 Å². The number of hydrogen-bond donors (Lipinski definition) is 2. The van der Waals surface area contributed by atoms with E-state index in [0.29, 0.717) is 43.5 Å². The maximum Gasteiger partial charge on any atom is 0.421 e. The smallest absolute Gasteiger partial charge is 0.376 e. The van der Waals surface area contributed by atoms with E-state index in [-0.39, 0.29) is 36.0 Å². The van der Waals surface area contributed by atoms with Crippen molar-refractivity contribution in [2.75, 3.05) is 44.2 Å². The summed E-state index contributed by atoms with van der Waals surface area (Å²) in [7, 11) is -3.88. The van der Waals surface area contributed by atoms with Crippen LogP contribution in [0.3, 0.4) is 0 Å². The molecule has 0 bridgehead atoms. The van der Waals surface area contributed by atoms with Crippen LogP contribution in [-0.2, 0) is 20.4 Å². The highest BCUT2D eigenvalue weighted by atomic mass is 32.2. The van der Waals surface area contributed by atoms with Gasteiger partial charge in [-0.05, 0) is 44.5 Å². The third-order valence-corrected chi connectivity index (χ3v) is 10.2. The van der Waals surface area contributed by atoms with E-state index in [1.165, 1.54) is 34.6 Å². The molecule has 2 atom stereocenters. The Balaban J connectivity index is 1.65. The van der Waals surface area contributed by atoms with E-state index >= 15 is 0 Å². The van der Waals surface area contributed by atoms with Crippen molar-refractivity contribution in [3.05, 3.63) is 53.0 Å². The van der Waals surface area contributed by atoms with E-state index in [4.69, 9.17) is 12.2 Å². The molecule has 3 aliphatic rings. The number of allylic oxidation sites excluding steroid dienone is 4. The fourth-order valence-corrected chi connectivity index (χ4v) is 7.16. The summed E-state index contributed by atoms with van der Waals surface area (Å²) >= 11 is 5.33. The minimum absolute atomic E-state index is 0.0994. The zero-order valence-electron chi connectivity index (χ0n) is 22.0. The second-order valence-corrected chi connectivity index (χ2v) is 13.1. The quantitative estimate of drug-likeness (QED) is 0.496. The van der Waals surface area contributed by atoms with Gasteiger partial charge in [-0.1, -0.05) is 36.5 Å². The van der Waals surface area contributed by atoms with Gasteiger partial charge in [0.2, 0.25) is 15.9 Å². The molecule has 0 unspecified atom stereocenters. The lowest BCUT2D eigenvalue weighted by molar-refractivity contribution is -0.258. The van der Waals surface area contributed by atoms with Gasteiger partial charge in [-0.2, -0.15) is 17.5 Å². The first-order valence-electron chi connectivity index (χ1n) is 12.7. The molecule has 8 nitrogen and oxygen atoms in total. The summed E-state index contributed by atoms with van der Waals surface area (Å²) in [6, 6.07) is 5.06. The van der Waals surface area contributed by atoms with Crippen LogP contribution < -0.4 is 10.2 Å². The SMILES string of the molecule is CC1(C)C(=O)NCCN1C[C@H]1CN(S(=O)(=O)C2=CC=CCC2=S)CCN1c1ccc([C@@](C)(O)C(F)(F)F)cc1. The van der Waals surface area contributed by atoms with Crippen LogP contribution in [0.2, 0.25) is 0 Å². The number of aliphatic hydroxyl groups is 1. The predicted octanol–water partition coefficient (Wildman–Crippen LogP) is 2.70. The highest BCUT2D eigenvalue weighted by Crippen LogP contribution is 2.39. The van der Waals surface area contributed by atoms with Crippen molar-refractivity contribution in [2.24, 2.45) is 0 Å². The summed E-state index contributed by atoms with van der Waals surface area (Å²) in [4.78, 5) is 17.0. The van der Waals surface area contributed by atoms with Crippen LogP contribution in [0.4, 0.5) is 18.9 Å². The molecular weight excluding hydrogens is 553 g/mol. The number of thiocarbonyl (C=S) groups is 1.